The second-order valence-corrected chi connectivity index (χ2v) is 7.74. The lowest BCUT2D eigenvalue weighted by Crippen LogP contribution is -1.99. The van der Waals surface area contributed by atoms with Gasteiger partial charge in [-0.05, 0) is 13.0 Å². The molecule has 0 radical (unpaired) electrons. The van der Waals surface area contributed by atoms with Crippen molar-refractivity contribution >= 4 is 44.8 Å². The summed E-state index contributed by atoms with van der Waals surface area (Å²) in [6.45, 7) is 1.86. The number of nitrogens with zero attached hydrogens (tertiary/aromatic N) is 4. The van der Waals surface area contributed by atoms with Crippen molar-refractivity contribution in [1.29, 1.82) is 0 Å². The van der Waals surface area contributed by atoms with Crippen LogP contribution in [0.15, 0.2) is 30.7 Å². The van der Waals surface area contributed by atoms with Gasteiger partial charge in [0.2, 0.25) is 5.75 Å². The number of fused-ring (bicyclic) bond motifs is 1. The highest BCUT2D eigenvalue weighted by atomic mass is 35.5. The molecule has 30 heavy (non-hydrogen) atoms. The van der Waals surface area contributed by atoms with E-state index in [0.29, 0.717) is 40.6 Å². The molecule has 8 nitrogen and oxygen atoms in total. The van der Waals surface area contributed by atoms with Crippen LogP contribution < -0.4 is 19.5 Å². The molecule has 156 valence electrons. The third-order valence-electron chi connectivity index (χ3n) is 4.46. The summed E-state index contributed by atoms with van der Waals surface area (Å²) >= 11 is 7.55. The summed E-state index contributed by atoms with van der Waals surface area (Å²) < 4.78 is 18.1. The van der Waals surface area contributed by atoms with Crippen LogP contribution in [0.1, 0.15) is 10.7 Å². The van der Waals surface area contributed by atoms with Gasteiger partial charge in [-0.2, -0.15) is 0 Å². The molecule has 3 heterocycles. The van der Waals surface area contributed by atoms with Crippen LogP contribution in [0.5, 0.6) is 17.2 Å². The van der Waals surface area contributed by atoms with Crippen molar-refractivity contribution in [2.24, 2.45) is 0 Å². The molecule has 3 aromatic heterocycles. The van der Waals surface area contributed by atoms with E-state index in [1.165, 1.54) is 0 Å². The Morgan fingerprint density at radius 1 is 1.07 bits per heavy atom. The number of nitrogens with one attached hydrogen (secondary N) is 1. The molecule has 0 aliphatic rings. The molecule has 0 spiro atoms. The second-order valence-electron chi connectivity index (χ2n) is 6.36. The van der Waals surface area contributed by atoms with Crippen LogP contribution in [0.2, 0.25) is 0 Å². The van der Waals surface area contributed by atoms with Crippen LogP contribution >= 0.6 is 22.9 Å². The average Bonchev–Trinajstić information content (AvgIpc) is 3.39. The van der Waals surface area contributed by atoms with Gasteiger partial charge in [-0.1, -0.05) is 0 Å². The van der Waals surface area contributed by atoms with Crippen LogP contribution in [0.4, 0.5) is 11.6 Å². The largest absolute Gasteiger partial charge is 0.493 e. The molecular weight excluding hydrogens is 426 g/mol. The Morgan fingerprint density at radius 3 is 2.43 bits per heavy atom. The number of alkyl halides is 1. The number of methoxy groups -OCH3 is 3. The van der Waals surface area contributed by atoms with Crippen molar-refractivity contribution in [3.8, 4) is 22.9 Å². The minimum atomic E-state index is 0.440. The highest BCUT2D eigenvalue weighted by molar-refractivity contribution is 7.18. The quantitative estimate of drug-likeness (QED) is 0.413. The number of imidazole rings is 1. The molecule has 0 atom stereocenters. The summed E-state index contributed by atoms with van der Waals surface area (Å²) in [5, 5.41) is 4.21. The smallest absolute Gasteiger partial charge is 0.203 e. The van der Waals surface area contributed by atoms with Crippen LogP contribution in [0.25, 0.3) is 15.9 Å². The molecule has 0 unspecified atom stereocenters. The fraction of sp³-hybridized carbons (Fsp3) is 0.250. The Bertz CT molecular complexity index is 1180. The van der Waals surface area contributed by atoms with Gasteiger partial charge in [-0.25, -0.2) is 15.0 Å². The number of hydrogen-bond donors (Lipinski definition) is 1. The van der Waals surface area contributed by atoms with Crippen molar-refractivity contribution in [2.75, 3.05) is 26.6 Å². The van der Waals surface area contributed by atoms with Gasteiger partial charge in [0.15, 0.2) is 11.5 Å². The Kier molecular flexibility index (Phi) is 5.65. The number of anilines is 2. The Balaban J connectivity index is 1.69. The summed E-state index contributed by atoms with van der Waals surface area (Å²) in [7, 11) is 4.74. The first kappa shape index (κ1) is 20.2. The zero-order valence-corrected chi connectivity index (χ0v) is 18.5. The predicted molar refractivity (Wildman–Crippen MR) is 118 cm³/mol. The molecule has 0 aliphatic carbocycles. The van der Waals surface area contributed by atoms with Gasteiger partial charge in [-0.3, -0.25) is 0 Å². The van der Waals surface area contributed by atoms with Crippen molar-refractivity contribution in [3.05, 3.63) is 41.4 Å². The monoisotopic (exact) mass is 445 g/mol. The fourth-order valence-corrected chi connectivity index (χ4v) is 4.27. The Morgan fingerprint density at radius 2 is 1.80 bits per heavy atom. The van der Waals surface area contributed by atoms with Crippen molar-refractivity contribution in [3.63, 3.8) is 0 Å². The number of ether oxygens (including phenoxy) is 3. The van der Waals surface area contributed by atoms with Crippen molar-refractivity contribution < 1.29 is 14.2 Å². The molecule has 0 fully saturated rings. The molecule has 0 aliphatic heterocycles. The molecule has 1 aromatic carbocycles. The first-order chi connectivity index (χ1) is 14.6. The maximum atomic E-state index is 5.99. The van der Waals surface area contributed by atoms with E-state index in [-0.39, 0.29) is 0 Å². The summed E-state index contributed by atoms with van der Waals surface area (Å²) in [4.78, 5) is 15.4. The molecule has 0 amide bonds. The van der Waals surface area contributed by atoms with Gasteiger partial charge in [0.1, 0.15) is 28.6 Å². The highest BCUT2D eigenvalue weighted by Crippen LogP contribution is 2.39. The van der Waals surface area contributed by atoms with Crippen molar-refractivity contribution in [1.82, 2.24) is 19.5 Å². The van der Waals surface area contributed by atoms with E-state index in [4.69, 9.17) is 25.8 Å². The topological polar surface area (TPSA) is 83.3 Å². The first-order valence-corrected chi connectivity index (χ1v) is 10.4. The van der Waals surface area contributed by atoms with Crippen molar-refractivity contribution in [2.45, 2.75) is 12.8 Å². The van der Waals surface area contributed by atoms with Gasteiger partial charge in [0.25, 0.3) is 0 Å². The second kappa shape index (κ2) is 8.37. The predicted octanol–water partition coefficient (Wildman–Crippen LogP) is 4.69. The van der Waals surface area contributed by atoms with Gasteiger partial charge in [0.05, 0.1) is 44.5 Å². The number of hydrogen-bond acceptors (Lipinski definition) is 8. The van der Waals surface area contributed by atoms with Crippen LogP contribution in [0, 0.1) is 6.92 Å². The number of rotatable bonds is 7. The lowest BCUT2D eigenvalue weighted by molar-refractivity contribution is 0.324. The van der Waals surface area contributed by atoms with Crippen LogP contribution in [-0.2, 0) is 5.88 Å². The van der Waals surface area contributed by atoms with Gasteiger partial charge >= 0.3 is 0 Å². The highest BCUT2D eigenvalue weighted by Gasteiger charge is 2.15. The number of aryl methyl sites for hydroxylation is 1. The Labute approximate surface area is 182 Å². The maximum Gasteiger partial charge on any atom is 0.203 e. The summed E-state index contributed by atoms with van der Waals surface area (Å²) in [6, 6.07) is 5.71. The van der Waals surface area contributed by atoms with E-state index in [9.17, 15) is 0 Å². The third-order valence-corrected chi connectivity index (χ3v) is 5.94. The number of thiophene rings is 1. The number of halogens is 1. The van der Waals surface area contributed by atoms with Gasteiger partial charge in [0, 0.05) is 17.0 Å². The van der Waals surface area contributed by atoms with Gasteiger partial charge in [-0.15, -0.1) is 22.9 Å². The molecule has 4 aromatic rings. The standard InChI is InChI=1S/C20H20ClN5O3S/c1-11-23-19(14-7-13(8-21)30-20(14)24-11)25-17-9-26(10-22-17)12-5-15(27-2)18(29-4)16(6-12)28-3/h5-7,9-10H,8H2,1-4H3,(H,23,24,25). The maximum absolute atomic E-state index is 5.99. The molecule has 0 saturated heterocycles. The third kappa shape index (κ3) is 3.73. The lowest BCUT2D eigenvalue weighted by Gasteiger charge is -2.14. The van der Waals surface area contributed by atoms with Crippen LogP contribution in [0.3, 0.4) is 0 Å². The summed E-state index contributed by atoms with van der Waals surface area (Å²) in [5.41, 5.74) is 0.814. The fourth-order valence-electron chi connectivity index (χ4n) is 3.11. The average molecular weight is 446 g/mol. The van der Waals surface area contributed by atoms with Crippen LogP contribution in [-0.4, -0.2) is 40.8 Å². The molecule has 0 bridgehead atoms. The number of aromatic nitrogens is 4. The molecular formula is C20H20ClN5O3S. The molecule has 10 heteroatoms. The lowest BCUT2D eigenvalue weighted by atomic mass is 10.2. The minimum Gasteiger partial charge on any atom is -0.493 e. The molecule has 0 saturated carbocycles. The zero-order chi connectivity index (χ0) is 21.3. The van der Waals surface area contributed by atoms with E-state index in [0.717, 1.165) is 20.8 Å². The van der Waals surface area contributed by atoms with E-state index < -0.39 is 0 Å². The zero-order valence-electron chi connectivity index (χ0n) is 16.9. The Hall–Kier alpha value is -3.04. The minimum absolute atomic E-state index is 0.440. The van der Waals surface area contributed by atoms with E-state index in [1.54, 1.807) is 39.0 Å². The molecule has 1 N–H and O–H groups in total. The first-order valence-electron chi connectivity index (χ1n) is 9.00. The molecule has 4 rings (SSSR count). The van der Waals surface area contributed by atoms with E-state index in [2.05, 4.69) is 20.3 Å². The number of benzene rings is 1. The SMILES string of the molecule is COc1cc(-n2cnc(Nc3nc(C)nc4sc(CCl)cc34)c2)cc(OC)c1OC. The van der Waals surface area contributed by atoms with E-state index >= 15 is 0 Å². The van der Waals surface area contributed by atoms with Gasteiger partial charge < -0.3 is 24.1 Å². The summed E-state index contributed by atoms with van der Waals surface area (Å²) in [6.07, 6.45) is 3.56. The summed E-state index contributed by atoms with van der Waals surface area (Å²) in [5.74, 6) is 4.12. The normalized spacial score (nSPS) is 11.0. The van der Waals surface area contributed by atoms with E-state index in [1.807, 2.05) is 35.9 Å².